The Morgan fingerprint density at radius 3 is 2.88 bits per heavy atom. The molecule has 4 heteroatoms. The fraction of sp³-hybridized carbons (Fsp3) is 0.462. The largest absolute Gasteiger partial charge is 0.493 e. The van der Waals surface area contributed by atoms with Crippen LogP contribution in [0.2, 0.25) is 0 Å². The number of ether oxygens (including phenoxy) is 1. The van der Waals surface area contributed by atoms with Gasteiger partial charge in [0.25, 0.3) is 0 Å². The molecule has 17 heavy (non-hydrogen) atoms. The highest BCUT2D eigenvalue weighted by Gasteiger charge is 2.38. The number of nitrogens with zero attached hydrogens (tertiary/aromatic N) is 2. The average Bonchev–Trinajstić information content (AvgIpc) is 2.48. The van der Waals surface area contributed by atoms with Crippen molar-refractivity contribution in [2.75, 3.05) is 20.7 Å². The molecular weight excluding hydrogens is 219 g/mol. The number of hydrogen-bond donors (Lipinski definition) is 0. The van der Waals surface area contributed by atoms with Crippen LogP contribution in [0.5, 0.6) is 5.75 Å². The van der Waals surface area contributed by atoms with Gasteiger partial charge in [-0.3, -0.25) is 4.90 Å². The molecule has 1 aromatic carbocycles. The molecule has 0 N–H and O–H groups in total. The van der Waals surface area contributed by atoms with Gasteiger partial charge in [-0.25, -0.2) is 4.39 Å². The molecule has 0 fully saturated rings. The minimum Gasteiger partial charge on any atom is -0.493 e. The molecular formula is C13H15FN2O. The van der Waals surface area contributed by atoms with Gasteiger partial charge < -0.3 is 4.74 Å². The van der Waals surface area contributed by atoms with Crippen molar-refractivity contribution in [2.24, 2.45) is 0 Å². The Balaban J connectivity index is 2.61. The SMILES string of the molecule is CN(C)C1(C#N)CCCOc2cc(F)ccc21. The van der Waals surface area contributed by atoms with E-state index in [4.69, 9.17) is 4.74 Å². The quantitative estimate of drug-likeness (QED) is 0.748. The molecule has 0 aliphatic carbocycles. The van der Waals surface area contributed by atoms with E-state index in [1.807, 2.05) is 19.0 Å². The summed E-state index contributed by atoms with van der Waals surface area (Å²) in [6, 6.07) is 6.74. The third-order valence-electron chi connectivity index (χ3n) is 3.28. The van der Waals surface area contributed by atoms with Crippen molar-refractivity contribution in [3.05, 3.63) is 29.6 Å². The van der Waals surface area contributed by atoms with Gasteiger partial charge in [0.05, 0.1) is 12.7 Å². The van der Waals surface area contributed by atoms with E-state index < -0.39 is 5.54 Å². The fourth-order valence-electron chi connectivity index (χ4n) is 2.28. The molecule has 3 nitrogen and oxygen atoms in total. The lowest BCUT2D eigenvalue weighted by molar-refractivity contribution is 0.202. The minimum absolute atomic E-state index is 0.337. The summed E-state index contributed by atoms with van der Waals surface area (Å²) in [5.41, 5.74) is 0.0309. The van der Waals surface area contributed by atoms with E-state index in [1.54, 1.807) is 6.07 Å². The molecule has 0 amide bonds. The Morgan fingerprint density at radius 2 is 2.24 bits per heavy atom. The zero-order valence-corrected chi connectivity index (χ0v) is 10.0. The summed E-state index contributed by atoms with van der Waals surface area (Å²) >= 11 is 0. The zero-order chi connectivity index (χ0) is 12.5. The van der Waals surface area contributed by atoms with Crippen LogP contribution in [0.3, 0.4) is 0 Å². The summed E-state index contributed by atoms with van der Waals surface area (Å²) in [4.78, 5) is 1.87. The van der Waals surface area contributed by atoms with E-state index in [1.165, 1.54) is 12.1 Å². The summed E-state index contributed by atoms with van der Waals surface area (Å²) in [6.07, 6.45) is 1.47. The summed E-state index contributed by atoms with van der Waals surface area (Å²) in [5, 5.41) is 9.51. The van der Waals surface area contributed by atoms with E-state index in [0.717, 1.165) is 12.0 Å². The third-order valence-corrected chi connectivity index (χ3v) is 3.28. The molecule has 0 saturated heterocycles. The molecule has 0 radical (unpaired) electrons. The monoisotopic (exact) mass is 234 g/mol. The van der Waals surface area contributed by atoms with E-state index in [0.29, 0.717) is 18.8 Å². The van der Waals surface area contributed by atoms with Crippen LogP contribution in [0.15, 0.2) is 18.2 Å². The van der Waals surface area contributed by atoms with Crippen LogP contribution in [0.25, 0.3) is 0 Å². The maximum absolute atomic E-state index is 13.2. The maximum Gasteiger partial charge on any atom is 0.137 e. The van der Waals surface area contributed by atoms with E-state index >= 15 is 0 Å². The van der Waals surface area contributed by atoms with Gasteiger partial charge in [0.2, 0.25) is 0 Å². The summed E-state index contributed by atoms with van der Waals surface area (Å²) < 4.78 is 18.7. The third kappa shape index (κ3) is 1.87. The highest BCUT2D eigenvalue weighted by molar-refractivity contribution is 5.44. The predicted octanol–water partition coefficient (Wildman–Crippen LogP) is 2.28. The number of nitriles is 1. The highest BCUT2D eigenvalue weighted by atomic mass is 19.1. The topological polar surface area (TPSA) is 36.3 Å². The Morgan fingerprint density at radius 1 is 1.47 bits per heavy atom. The summed E-state index contributed by atoms with van der Waals surface area (Å²) in [5.74, 6) is 0.147. The first kappa shape index (κ1) is 11.9. The first-order valence-electron chi connectivity index (χ1n) is 5.62. The van der Waals surface area contributed by atoms with Crippen LogP contribution in [0.1, 0.15) is 18.4 Å². The van der Waals surface area contributed by atoms with Crippen LogP contribution >= 0.6 is 0 Å². The summed E-state index contributed by atoms with van der Waals surface area (Å²) in [6.45, 7) is 0.522. The Hall–Kier alpha value is -1.60. The number of hydrogen-bond acceptors (Lipinski definition) is 3. The van der Waals surface area contributed by atoms with Crippen molar-refractivity contribution in [3.8, 4) is 11.8 Å². The highest BCUT2D eigenvalue weighted by Crippen LogP contribution is 2.39. The minimum atomic E-state index is -0.723. The van der Waals surface area contributed by atoms with Gasteiger partial charge in [-0.1, -0.05) is 0 Å². The van der Waals surface area contributed by atoms with Gasteiger partial charge in [-0.05, 0) is 39.1 Å². The van der Waals surface area contributed by atoms with Gasteiger partial charge in [-0.2, -0.15) is 5.26 Å². The number of benzene rings is 1. The first-order chi connectivity index (χ1) is 8.10. The van der Waals surface area contributed by atoms with Crippen LogP contribution < -0.4 is 4.74 Å². The molecule has 0 spiro atoms. The Labute approximate surface area is 100 Å². The predicted molar refractivity (Wildman–Crippen MR) is 62.1 cm³/mol. The molecule has 90 valence electrons. The zero-order valence-electron chi connectivity index (χ0n) is 10.0. The van der Waals surface area contributed by atoms with E-state index in [2.05, 4.69) is 6.07 Å². The number of rotatable bonds is 1. The second-order valence-corrected chi connectivity index (χ2v) is 4.46. The second-order valence-electron chi connectivity index (χ2n) is 4.46. The van der Waals surface area contributed by atoms with Gasteiger partial charge in [0.15, 0.2) is 0 Å². The lowest BCUT2D eigenvalue weighted by Crippen LogP contribution is -2.39. The van der Waals surface area contributed by atoms with Crippen LogP contribution in [-0.2, 0) is 5.54 Å². The normalized spacial score (nSPS) is 23.5. The average molecular weight is 234 g/mol. The van der Waals surface area contributed by atoms with Crippen molar-refractivity contribution in [3.63, 3.8) is 0 Å². The van der Waals surface area contributed by atoms with Gasteiger partial charge >= 0.3 is 0 Å². The Bertz CT molecular complexity index is 467. The first-order valence-corrected chi connectivity index (χ1v) is 5.62. The summed E-state index contributed by atoms with van der Waals surface area (Å²) in [7, 11) is 3.73. The molecule has 1 heterocycles. The lowest BCUT2D eigenvalue weighted by Gasteiger charge is -2.33. The molecule has 0 aromatic heterocycles. The Kier molecular flexibility index (Phi) is 3.03. The van der Waals surface area contributed by atoms with Crippen molar-refractivity contribution < 1.29 is 9.13 Å². The van der Waals surface area contributed by atoms with Crippen molar-refractivity contribution >= 4 is 0 Å². The molecule has 1 unspecified atom stereocenters. The van der Waals surface area contributed by atoms with Gasteiger partial charge in [0.1, 0.15) is 17.1 Å². The number of halogens is 1. The molecule has 1 atom stereocenters. The van der Waals surface area contributed by atoms with E-state index in [-0.39, 0.29) is 5.82 Å². The fourth-order valence-corrected chi connectivity index (χ4v) is 2.28. The molecule has 0 saturated carbocycles. The van der Waals surface area contributed by atoms with Crippen molar-refractivity contribution in [1.82, 2.24) is 4.90 Å². The maximum atomic E-state index is 13.2. The standard InChI is InChI=1S/C13H15FN2O/c1-16(2)13(9-15)6-3-7-17-12-8-10(14)4-5-11(12)13/h4-5,8H,3,6-7H2,1-2H3. The molecule has 0 bridgehead atoms. The van der Waals surface area contributed by atoms with Gasteiger partial charge in [-0.15, -0.1) is 0 Å². The van der Waals surface area contributed by atoms with Crippen LogP contribution in [0, 0.1) is 17.1 Å². The molecule has 1 aromatic rings. The smallest absolute Gasteiger partial charge is 0.137 e. The lowest BCUT2D eigenvalue weighted by atomic mass is 9.85. The number of fused-ring (bicyclic) bond motifs is 1. The van der Waals surface area contributed by atoms with E-state index in [9.17, 15) is 9.65 Å². The van der Waals surface area contributed by atoms with Crippen molar-refractivity contribution in [2.45, 2.75) is 18.4 Å². The van der Waals surface area contributed by atoms with Gasteiger partial charge in [0, 0.05) is 11.6 Å². The molecule has 1 aliphatic heterocycles. The molecule has 1 aliphatic rings. The van der Waals surface area contributed by atoms with Crippen LogP contribution in [0.4, 0.5) is 4.39 Å². The molecule has 2 rings (SSSR count). The van der Waals surface area contributed by atoms with Crippen molar-refractivity contribution in [1.29, 1.82) is 5.26 Å². The second kappa shape index (κ2) is 4.34. The van der Waals surface area contributed by atoms with Crippen LogP contribution in [-0.4, -0.2) is 25.6 Å².